The monoisotopic (exact) mass is 415 g/mol. The zero-order valence-corrected chi connectivity index (χ0v) is 18.8. The molecule has 0 spiro atoms. The van der Waals surface area contributed by atoms with E-state index < -0.39 is 0 Å². The fraction of sp³-hybridized carbons (Fsp3) is 0.444. The first-order valence-electron chi connectivity index (χ1n) is 11.8. The highest BCUT2D eigenvalue weighted by molar-refractivity contribution is 5.63. The SMILES string of the molecule is CCCc1nc2n(c1-c1ccccc1)CCc1ccccc1C2OC1CCN(C)CC1. The molecule has 2 aliphatic heterocycles. The van der Waals surface area contributed by atoms with Crippen molar-refractivity contribution < 1.29 is 4.74 Å². The van der Waals surface area contributed by atoms with Crippen LogP contribution in [0.4, 0.5) is 0 Å². The van der Waals surface area contributed by atoms with E-state index in [0.29, 0.717) is 0 Å². The highest BCUT2D eigenvalue weighted by Crippen LogP contribution is 2.38. The summed E-state index contributed by atoms with van der Waals surface area (Å²) in [4.78, 5) is 7.66. The number of fused-ring (bicyclic) bond motifs is 2. The van der Waals surface area contributed by atoms with Crippen molar-refractivity contribution in [2.75, 3.05) is 20.1 Å². The Morgan fingerprint density at radius 1 is 0.968 bits per heavy atom. The number of aromatic nitrogens is 2. The van der Waals surface area contributed by atoms with Crippen LogP contribution in [0, 0.1) is 0 Å². The number of rotatable bonds is 5. The molecule has 3 heterocycles. The topological polar surface area (TPSA) is 30.3 Å². The number of imidazole rings is 1. The van der Waals surface area contributed by atoms with Gasteiger partial charge in [-0.05, 0) is 43.9 Å². The van der Waals surface area contributed by atoms with Crippen LogP contribution in [0.25, 0.3) is 11.3 Å². The molecule has 0 bridgehead atoms. The van der Waals surface area contributed by atoms with Gasteiger partial charge in [0.1, 0.15) is 11.9 Å². The fourth-order valence-electron chi connectivity index (χ4n) is 5.11. The summed E-state index contributed by atoms with van der Waals surface area (Å²) < 4.78 is 9.34. The molecule has 0 radical (unpaired) electrons. The molecular weight excluding hydrogens is 382 g/mol. The molecule has 0 saturated carbocycles. The maximum absolute atomic E-state index is 6.89. The second-order valence-corrected chi connectivity index (χ2v) is 9.00. The maximum Gasteiger partial charge on any atom is 0.143 e. The van der Waals surface area contributed by atoms with Gasteiger partial charge in [0, 0.05) is 25.2 Å². The third-order valence-electron chi connectivity index (χ3n) is 6.77. The van der Waals surface area contributed by atoms with Gasteiger partial charge in [-0.2, -0.15) is 0 Å². The molecule has 1 atom stereocenters. The lowest BCUT2D eigenvalue weighted by atomic mass is 10.00. The number of hydrogen-bond acceptors (Lipinski definition) is 3. The predicted molar refractivity (Wildman–Crippen MR) is 125 cm³/mol. The zero-order chi connectivity index (χ0) is 21.2. The van der Waals surface area contributed by atoms with Crippen molar-refractivity contribution in [3.8, 4) is 11.3 Å². The number of nitrogens with zero attached hydrogens (tertiary/aromatic N) is 3. The Kier molecular flexibility index (Phi) is 5.93. The molecule has 0 N–H and O–H groups in total. The Bertz CT molecular complexity index is 1020. The predicted octanol–water partition coefficient (Wildman–Crippen LogP) is 5.26. The Labute approximate surface area is 185 Å². The lowest BCUT2D eigenvalue weighted by Crippen LogP contribution is -2.35. The van der Waals surface area contributed by atoms with Crippen LogP contribution in [0.15, 0.2) is 54.6 Å². The summed E-state index contributed by atoms with van der Waals surface area (Å²) in [7, 11) is 2.20. The van der Waals surface area contributed by atoms with Gasteiger partial charge in [0.05, 0.1) is 17.5 Å². The molecule has 1 saturated heterocycles. The summed E-state index contributed by atoms with van der Waals surface area (Å²) >= 11 is 0. The summed E-state index contributed by atoms with van der Waals surface area (Å²) in [6, 6.07) is 19.6. The molecule has 0 amide bonds. The molecule has 31 heavy (non-hydrogen) atoms. The van der Waals surface area contributed by atoms with E-state index in [9.17, 15) is 0 Å². The minimum Gasteiger partial charge on any atom is -0.362 e. The van der Waals surface area contributed by atoms with Crippen LogP contribution in [-0.2, 0) is 24.1 Å². The van der Waals surface area contributed by atoms with Gasteiger partial charge in [0.2, 0.25) is 0 Å². The molecule has 3 aromatic rings. The van der Waals surface area contributed by atoms with Crippen molar-refractivity contribution >= 4 is 0 Å². The first kappa shape index (κ1) is 20.5. The van der Waals surface area contributed by atoms with Crippen molar-refractivity contribution in [3.63, 3.8) is 0 Å². The highest BCUT2D eigenvalue weighted by Gasteiger charge is 2.32. The van der Waals surface area contributed by atoms with Gasteiger partial charge in [0.15, 0.2) is 0 Å². The van der Waals surface area contributed by atoms with Crippen LogP contribution in [0.3, 0.4) is 0 Å². The van der Waals surface area contributed by atoms with Crippen LogP contribution < -0.4 is 0 Å². The molecule has 2 aliphatic rings. The first-order valence-corrected chi connectivity index (χ1v) is 11.8. The molecule has 2 aromatic carbocycles. The smallest absolute Gasteiger partial charge is 0.143 e. The molecule has 162 valence electrons. The van der Waals surface area contributed by atoms with E-state index >= 15 is 0 Å². The lowest BCUT2D eigenvalue weighted by molar-refractivity contribution is -0.0275. The number of aryl methyl sites for hydroxylation is 2. The van der Waals surface area contributed by atoms with Gasteiger partial charge in [-0.25, -0.2) is 4.98 Å². The average Bonchev–Trinajstić information content (AvgIpc) is 3.09. The Hall–Kier alpha value is -2.43. The Morgan fingerprint density at radius 2 is 1.71 bits per heavy atom. The molecule has 1 fully saturated rings. The molecule has 0 aliphatic carbocycles. The van der Waals surface area contributed by atoms with Crippen molar-refractivity contribution in [1.82, 2.24) is 14.5 Å². The van der Waals surface area contributed by atoms with Crippen molar-refractivity contribution in [3.05, 3.63) is 77.2 Å². The van der Waals surface area contributed by atoms with Gasteiger partial charge < -0.3 is 14.2 Å². The van der Waals surface area contributed by atoms with Gasteiger partial charge in [0.25, 0.3) is 0 Å². The average molecular weight is 416 g/mol. The summed E-state index contributed by atoms with van der Waals surface area (Å²) in [6.45, 7) is 5.38. The van der Waals surface area contributed by atoms with Crippen molar-refractivity contribution in [2.24, 2.45) is 0 Å². The Morgan fingerprint density at radius 3 is 2.48 bits per heavy atom. The second kappa shape index (κ2) is 8.97. The third kappa shape index (κ3) is 4.07. The van der Waals surface area contributed by atoms with Gasteiger partial charge in [-0.1, -0.05) is 67.9 Å². The molecule has 1 unspecified atom stereocenters. The molecule has 1 aromatic heterocycles. The summed E-state index contributed by atoms with van der Waals surface area (Å²) in [5.41, 5.74) is 6.44. The van der Waals surface area contributed by atoms with E-state index in [1.54, 1.807) is 0 Å². The van der Waals surface area contributed by atoms with Gasteiger partial charge >= 0.3 is 0 Å². The zero-order valence-electron chi connectivity index (χ0n) is 18.8. The minimum atomic E-state index is -0.0971. The fourth-order valence-corrected chi connectivity index (χ4v) is 5.11. The standard InChI is InChI=1S/C27H33N3O/c1-3-9-24-25(21-11-5-4-6-12-21)30-19-14-20-10-7-8-13-23(20)26(27(30)28-24)31-22-15-17-29(2)18-16-22/h4-8,10-13,22,26H,3,9,14-19H2,1-2H3. The molecule has 5 rings (SSSR count). The van der Waals surface area contributed by atoms with E-state index in [-0.39, 0.29) is 12.2 Å². The number of likely N-dealkylation sites (tertiary alicyclic amines) is 1. The number of piperidine rings is 1. The lowest BCUT2D eigenvalue weighted by Gasteiger charge is -2.32. The minimum absolute atomic E-state index is 0.0971. The summed E-state index contributed by atoms with van der Waals surface area (Å²) in [5.74, 6) is 1.09. The van der Waals surface area contributed by atoms with E-state index in [1.807, 2.05) is 0 Å². The van der Waals surface area contributed by atoms with Crippen LogP contribution in [0.2, 0.25) is 0 Å². The maximum atomic E-state index is 6.89. The first-order chi connectivity index (χ1) is 15.2. The summed E-state index contributed by atoms with van der Waals surface area (Å²) in [6.07, 6.45) is 5.46. The van der Waals surface area contributed by atoms with Crippen molar-refractivity contribution in [1.29, 1.82) is 0 Å². The quantitative estimate of drug-likeness (QED) is 0.569. The molecule has 4 heteroatoms. The van der Waals surface area contributed by atoms with E-state index in [0.717, 1.165) is 57.6 Å². The van der Waals surface area contributed by atoms with E-state index in [4.69, 9.17) is 9.72 Å². The second-order valence-electron chi connectivity index (χ2n) is 9.00. The van der Waals surface area contributed by atoms with Gasteiger partial charge in [-0.15, -0.1) is 0 Å². The molecular formula is C27H33N3O. The van der Waals surface area contributed by atoms with E-state index in [2.05, 4.69) is 78.0 Å². The largest absolute Gasteiger partial charge is 0.362 e. The molecule has 4 nitrogen and oxygen atoms in total. The van der Waals surface area contributed by atoms with Crippen LogP contribution >= 0.6 is 0 Å². The third-order valence-corrected chi connectivity index (χ3v) is 6.77. The van der Waals surface area contributed by atoms with Gasteiger partial charge in [-0.3, -0.25) is 0 Å². The normalized spacial score (nSPS) is 19.6. The van der Waals surface area contributed by atoms with E-state index in [1.165, 1.54) is 28.1 Å². The number of ether oxygens (including phenoxy) is 1. The van der Waals surface area contributed by atoms with Crippen LogP contribution in [0.5, 0.6) is 0 Å². The van der Waals surface area contributed by atoms with Crippen LogP contribution in [0.1, 0.15) is 54.9 Å². The number of benzene rings is 2. The van der Waals surface area contributed by atoms with Crippen LogP contribution in [-0.4, -0.2) is 40.7 Å². The highest BCUT2D eigenvalue weighted by atomic mass is 16.5. The van der Waals surface area contributed by atoms with Crippen molar-refractivity contribution in [2.45, 2.75) is 57.8 Å². The Balaban J connectivity index is 1.61. The summed E-state index contributed by atoms with van der Waals surface area (Å²) in [5, 5.41) is 0. The number of hydrogen-bond donors (Lipinski definition) is 0.